The van der Waals surface area contributed by atoms with Crippen LogP contribution in [0.1, 0.15) is 20.3 Å². The molecule has 0 radical (unpaired) electrons. The highest BCUT2D eigenvalue weighted by atomic mass is 32.2. The Labute approximate surface area is 120 Å². The Kier molecular flexibility index (Phi) is 2.55. The van der Waals surface area contributed by atoms with Crippen molar-refractivity contribution in [3.05, 3.63) is 48.5 Å². The van der Waals surface area contributed by atoms with Crippen LogP contribution in [0.5, 0.6) is 0 Å². The van der Waals surface area contributed by atoms with E-state index in [2.05, 4.69) is 62.4 Å². The van der Waals surface area contributed by atoms with E-state index in [0.29, 0.717) is 15.6 Å². The SMILES string of the molecule is CCC1(C)C[S+]2c3ccccc3[S+]1c1ccccc12. The predicted octanol–water partition coefficient (Wildman–Crippen LogP) is 4.25. The number of rotatable bonds is 1. The molecule has 0 amide bonds. The lowest BCUT2D eigenvalue weighted by Crippen LogP contribution is -2.50. The average molecular weight is 286 g/mol. The van der Waals surface area contributed by atoms with Crippen molar-refractivity contribution < 1.29 is 0 Å². The Hall–Kier alpha value is -0.860. The van der Waals surface area contributed by atoms with Gasteiger partial charge in [0, 0.05) is 6.42 Å². The van der Waals surface area contributed by atoms with Gasteiger partial charge >= 0.3 is 0 Å². The van der Waals surface area contributed by atoms with Gasteiger partial charge in [-0.15, -0.1) is 0 Å². The molecule has 0 saturated carbocycles. The summed E-state index contributed by atoms with van der Waals surface area (Å²) in [5, 5.41) is 0. The first-order valence-corrected chi connectivity index (χ1v) is 9.50. The highest BCUT2D eigenvalue weighted by Crippen LogP contribution is 2.54. The monoisotopic (exact) mass is 286 g/mol. The zero-order valence-corrected chi connectivity index (χ0v) is 13.0. The summed E-state index contributed by atoms with van der Waals surface area (Å²) in [5.41, 5.74) is 0. The van der Waals surface area contributed by atoms with Crippen LogP contribution in [-0.2, 0) is 21.8 Å². The van der Waals surface area contributed by atoms with Gasteiger partial charge in [-0.2, -0.15) is 0 Å². The third kappa shape index (κ3) is 1.50. The van der Waals surface area contributed by atoms with Crippen LogP contribution in [0.2, 0.25) is 0 Å². The fourth-order valence-corrected chi connectivity index (χ4v) is 10.1. The maximum Gasteiger partial charge on any atom is 0.216 e. The van der Waals surface area contributed by atoms with Crippen LogP contribution in [0.4, 0.5) is 0 Å². The van der Waals surface area contributed by atoms with E-state index in [0.717, 1.165) is 0 Å². The summed E-state index contributed by atoms with van der Waals surface area (Å²) in [6.45, 7) is 4.87. The maximum atomic E-state index is 2.50. The molecule has 1 unspecified atom stereocenters. The number of benzene rings is 2. The summed E-state index contributed by atoms with van der Waals surface area (Å²) in [5.74, 6) is 1.35. The van der Waals surface area contributed by atoms with Crippen molar-refractivity contribution in [3.63, 3.8) is 0 Å². The van der Waals surface area contributed by atoms with Crippen LogP contribution in [0.15, 0.2) is 68.1 Å². The molecule has 0 aromatic heterocycles. The second-order valence-corrected chi connectivity index (χ2v) is 9.97. The van der Waals surface area contributed by atoms with E-state index >= 15 is 0 Å². The molecule has 2 aromatic rings. The van der Waals surface area contributed by atoms with Gasteiger partial charge in [0.15, 0.2) is 10.5 Å². The Bertz CT molecular complexity index is 602. The molecule has 3 aliphatic rings. The van der Waals surface area contributed by atoms with Gasteiger partial charge < -0.3 is 0 Å². The number of fused-ring (bicyclic) bond motifs is 1. The average Bonchev–Trinajstić information content (AvgIpc) is 2.47. The zero-order valence-electron chi connectivity index (χ0n) is 11.3. The normalized spacial score (nSPS) is 30.8. The van der Waals surface area contributed by atoms with Gasteiger partial charge in [-0.3, -0.25) is 0 Å². The van der Waals surface area contributed by atoms with Crippen LogP contribution in [0.25, 0.3) is 0 Å². The second kappa shape index (κ2) is 4.07. The Balaban J connectivity index is 2.04. The smallest absolute Gasteiger partial charge is 0.0601 e. The third-order valence-electron chi connectivity index (χ3n) is 4.36. The fourth-order valence-electron chi connectivity index (χ4n) is 3.18. The molecule has 3 aliphatic heterocycles. The topological polar surface area (TPSA) is 0 Å². The van der Waals surface area contributed by atoms with E-state index in [1.165, 1.54) is 12.2 Å². The minimum absolute atomic E-state index is 0.268. The molecule has 1 atom stereocenters. The third-order valence-corrected chi connectivity index (χ3v) is 10.5. The van der Waals surface area contributed by atoms with E-state index in [9.17, 15) is 0 Å². The first-order valence-electron chi connectivity index (χ1n) is 6.88. The van der Waals surface area contributed by atoms with Crippen molar-refractivity contribution in [3.8, 4) is 0 Å². The van der Waals surface area contributed by atoms with Gasteiger partial charge in [-0.1, -0.05) is 31.2 Å². The summed E-state index contributed by atoms with van der Waals surface area (Å²) in [4.78, 5) is 6.49. The molecule has 5 rings (SSSR count). The maximum absolute atomic E-state index is 2.50. The van der Waals surface area contributed by atoms with Gasteiger partial charge in [0.1, 0.15) is 0 Å². The molecule has 0 saturated heterocycles. The Morgan fingerprint density at radius 2 is 1.37 bits per heavy atom. The van der Waals surface area contributed by atoms with Crippen molar-refractivity contribution in [1.29, 1.82) is 0 Å². The van der Waals surface area contributed by atoms with Crippen LogP contribution >= 0.6 is 0 Å². The lowest BCUT2D eigenvalue weighted by Gasteiger charge is -2.36. The van der Waals surface area contributed by atoms with Crippen molar-refractivity contribution in [1.82, 2.24) is 0 Å². The first-order chi connectivity index (χ1) is 9.24. The highest BCUT2D eigenvalue weighted by molar-refractivity contribution is 8.06. The van der Waals surface area contributed by atoms with Crippen LogP contribution < -0.4 is 0 Å². The highest BCUT2D eigenvalue weighted by Gasteiger charge is 2.64. The van der Waals surface area contributed by atoms with E-state index in [4.69, 9.17) is 0 Å². The molecule has 3 heterocycles. The van der Waals surface area contributed by atoms with Crippen molar-refractivity contribution in [2.24, 2.45) is 0 Å². The molecule has 2 bridgehead atoms. The molecule has 2 aromatic carbocycles. The Morgan fingerprint density at radius 3 is 1.84 bits per heavy atom. The van der Waals surface area contributed by atoms with Crippen LogP contribution in [0, 0.1) is 0 Å². The number of hydrogen-bond donors (Lipinski definition) is 0. The van der Waals surface area contributed by atoms with Gasteiger partial charge in [0.25, 0.3) is 0 Å². The molecule has 0 nitrogen and oxygen atoms in total. The summed E-state index contributed by atoms with van der Waals surface area (Å²) in [6.07, 6.45) is 1.28. The van der Waals surface area contributed by atoms with Crippen molar-refractivity contribution in [2.75, 3.05) is 5.75 Å². The minimum Gasteiger partial charge on any atom is -0.0601 e. The molecule has 19 heavy (non-hydrogen) atoms. The predicted molar refractivity (Wildman–Crippen MR) is 84.2 cm³/mol. The molecular weight excluding hydrogens is 268 g/mol. The van der Waals surface area contributed by atoms with E-state index in [-0.39, 0.29) is 10.9 Å². The van der Waals surface area contributed by atoms with Crippen LogP contribution in [-0.4, -0.2) is 10.5 Å². The minimum atomic E-state index is 0.268. The number of hydrogen-bond acceptors (Lipinski definition) is 0. The van der Waals surface area contributed by atoms with Crippen molar-refractivity contribution in [2.45, 2.75) is 44.6 Å². The second-order valence-electron chi connectivity index (χ2n) is 5.54. The summed E-state index contributed by atoms with van der Waals surface area (Å²) < 4.78 is 0.464. The Morgan fingerprint density at radius 1 is 0.895 bits per heavy atom. The van der Waals surface area contributed by atoms with Gasteiger partial charge in [0.05, 0.1) is 21.8 Å². The van der Waals surface area contributed by atoms with E-state index < -0.39 is 0 Å². The standard InChI is InChI=1S/C17H18S2/c1-3-17(2)12-18-13-8-4-6-10-15(13)19(17)16-11-7-5-9-14(16)18/h4-11H,3,12H2,1-2H3/q+2. The van der Waals surface area contributed by atoms with E-state index in [1.807, 2.05) is 0 Å². The summed E-state index contributed by atoms with van der Waals surface area (Å²) in [7, 11) is 0.570. The van der Waals surface area contributed by atoms with E-state index in [1.54, 1.807) is 19.6 Å². The molecule has 2 heteroatoms. The van der Waals surface area contributed by atoms with Gasteiger partial charge in [-0.05, 0) is 31.2 Å². The lowest BCUT2D eigenvalue weighted by molar-refractivity contribution is 0.665. The molecule has 96 valence electrons. The van der Waals surface area contributed by atoms with Crippen molar-refractivity contribution >= 4 is 21.8 Å². The van der Waals surface area contributed by atoms with Crippen LogP contribution in [0.3, 0.4) is 0 Å². The molecule has 0 aliphatic carbocycles. The molecule has 0 spiro atoms. The zero-order chi connectivity index (χ0) is 13.0. The molecular formula is C17H18S2+2. The fraction of sp³-hybridized carbons (Fsp3) is 0.294. The lowest BCUT2D eigenvalue weighted by atomic mass is 10.1. The van der Waals surface area contributed by atoms with Gasteiger partial charge in [0.2, 0.25) is 19.6 Å². The van der Waals surface area contributed by atoms with Gasteiger partial charge in [-0.25, -0.2) is 0 Å². The summed E-state index contributed by atoms with van der Waals surface area (Å²) in [6, 6.07) is 18.3. The summed E-state index contributed by atoms with van der Waals surface area (Å²) >= 11 is 0. The quantitative estimate of drug-likeness (QED) is 0.687. The first kappa shape index (κ1) is 11.9. The molecule has 0 N–H and O–H groups in total. The molecule has 0 fully saturated rings. The largest absolute Gasteiger partial charge is 0.216 e.